The van der Waals surface area contributed by atoms with Crippen molar-refractivity contribution in [2.75, 3.05) is 0 Å². The van der Waals surface area contributed by atoms with Crippen LogP contribution < -0.4 is 0 Å². The van der Waals surface area contributed by atoms with Crippen LogP contribution in [0.1, 0.15) is 47.0 Å². The predicted octanol–water partition coefficient (Wildman–Crippen LogP) is 3.34. The minimum Gasteiger partial charge on any atom is -0.197 e. The Morgan fingerprint density at radius 1 is 0.875 bits per heavy atom. The third-order valence-electron chi connectivity index (χ3n) is 0.707. The summed E-state index contributed by atoms with van der Waals surface area (Å²) in [4.78, 5) is 0. The van der Waals surface area contributed by atoms with Crippen molar-refractivity contribution in [1.29, 1.82) is 0 Å². The van der Waals surface area contributed by atoms with Crippen LogP contribution in [0.25, 0.3) is 0 Å². The lowest BCUT2D eigenvalue weighted by molar-refractivity contribution is 0.772. The van der Waals surface area contributed by atoms with Gasteiger partial charge in [-0.15, -0.1) is 0 Å². The average molecular weight is 136 g/mol. The zero-order chi connectivity index (χ0) is 6.12. The molecule has 0 aromatic heterocycles. The van der Waals surface area contributed by atoms with Gasteiger partial charge in [0.1, 0.15) is 0 Å². The molecular weight excluding hydrogens is 116 g/mol. The van der Waals surface area contributed by atoms with Gasteiger partial charge in [-0.3, -0.25) is 0 Å². The fourth-order valence-electron chi connectivity index (χ4n) is 0.354. The Hall–Kier alpha value is 0.350. The maximum atomic E-state index is 2.21. The molecule has 0 heterocycles. The second-order valence-electron chi connectivity index (χ2n) is 1.35. The molecule has 0 aliphatic carbocycles. The smallest absolute Gasteiger partial charge is 0.0538 e. The van der Waals surface area contributed by atoms with E-state index in [9.17, 15) is 0 Å². The molecule has 0 nitrogen and oxygen atoms in total. The maximum absolute atomic E-state index is 2.21. The second-order valence-corrected chi connectivity index (χ2v) is 1.35. The minimum absolute atomic E-state index is 0. The summed E-state index contributed by atoms with van der Waals surface area (Å²) in [5.74, 6) is 0. The van der Waals surface area contributed by atoms with Gasteiger partial charge in [0.25, 0.3) is 0 Å². The highest BCUT2D eigenvalue weighted by molar-refractivity contribution is 7.59. The third-order valence-corrected chi connectivity index (χ3v) is 0.707. The van der Waals surface area contributed by atoms with Crippen molar-refractivity contribution in [3.05, 3.63) is 0 Å². The largest absolute Gasteiger partial charge is 0.197 e. The highest BCUT2D eigenvalue weighted by Gasteiger charge is 1.68. The molecule has 1 heteroatoms. The van der Waals surface area contributed by atoms with Crippen LogP contribution in [-0.2, 0) is 0 Å². The molecule has 0 radical (unpaired) electrons. The van der Waals surface area contributed by atoms with Gasteiger partial charge in [-0.2, -0.15) is 13.5 Å². The van der Waals surface area contributed by atoms with Gasteiger partial charge in [0.2, 0.25) is 0 Å². The Bertz CT molecular complexity index is 11.9. The lowest BCUT2D eigenvalue weighted by Crippen LogP contribution is -1.59. The van der Waals surface area contributed by atoms with Crippen LogP contribution in [-0.4, -0.2) is 0 Å². The SMILES string of the molecule is CC.CCCCC.S. The number of rotatable bonds is 2. The van der Waals surface area contributed by atoms with E-state index in [0.717, 1.165) is 0 Å². The van der Waals surface area contributed by atoms with Gasteiger partial charge >= 0.3 is 0 Å². The van der Waals surface area contributed by atoms with Crippen LogP contribution in [0.3, 0.4) is 0 Å². The Balaban J connectivity index is -0.0000000750. The number of hydrogen-bond donors (Lipinski definition) is 0. The zero-order valence-electron chi connectivity index (χ0n) is 6.62. The van der Waals surface area contributed by atoms with Crippen LogP contribution in [0, 0.1) is 0 Å². The molecular formula is C7H20S. The lowest BCUT2D eigenvalue weighted by Gasteiger charge is -1.79. The van der Waals surface area contributed by atoms with Crippen molar-refractivity contribution in [1.82, 2.24) is 0 Å². The second kappa shape index (κ2) is 26.4. The molecule has 0 fully saturated rings. The minimum atomic E-state index is 0. The van der Waals surface area contributed by atoms with Crippen molar-refractivity contribution < 1.29 is 0 Å². The van der Waals surface area contributed by atoms with Crippen LogP contribution in [0.2, 0.25) is 0 Å². The topological polar surface area (TPSA) is 0 Å². The van der Waals surface area contributed by atoms with Gasteiger partial charge in [0.15, 0.2) is 0 Å². The molecule has 54 valence electrons. The monoisotopic (exact) mass is 136 g/mol. The molecule has 0 saturated carbocycles. The van der Waals surface area contributed by atoms with E-state index in [0.29, 0.717) is 0 Å². The van der Waals surface area contributed by atoms with E-state index in [4.69, 9.17) is 0 Å². The highest BCUT2D eigenvalue weighted by Crippen LogP contribution is 1.88. The third kappa shape index (κ3) is 32.9. The summed E-state index contributed by atoms with van der Waals surface area (Å²) in [5, 5.41) is 0. The van der Waals surface area contributed by atoms with Gasteiger partial charge in [-0.1, -0.05) is 47.0 Å². The summed E-state index contributed by atoms with van der Waals surface area (Å²) >= 11 is 0. The van der Waals surface area contributed by atoms with Gasteiger partial charge in [-0.25, -0.2) is 0 Å². The first kappa shape index (κ1) is 15.8. The van der Waals surface area contributed by atoms with Crippen molar-refractivity contribution in [3.63, 3.8) is 0 Å². The summed E-state index contributed by atoms with van der Waals surface area (Å²) in [6.45, 7) is 8.42. The molecule has 0 spiro atoms. The molecule has 0 N–H and O–H groups in total. The first-order valence-corrected chi connectivity index (χ1v) is 3.41. The van der Waals surface area contributed by atoms with E-state index < -0.39 is 0 Å². The molecule has 0 unspecified atom stereocenters. The molecule has 0 saturated heterocycles. The summed E-state index contributed by atoms with van der Waals surface area (Å²) in [5.41, 5.74) is 0. The maximum Gasteiger partial charge on any atom is -0.0538 e. The average Bonchev–Trinajstić information content (AvgIpc) is 1.75. The zero-order valence-corrected chi connectivity index (χ0v) is 7.62. The Morgan fingerprint density at radius 2 is 1.12 bits per heavy atom. The van der Waals surface area contributed by atoms with Crippen LogP contribution in [0.15, 0.2) is 0 Å². The van der Waals surface area contributed by atoms with Crippen molar-refractivity contribution in [3.8, 4) is 0 Å². The van der Waals surface area contributed by atoms with Crippen molar-refractivity contribution in [2.24, 2.45) is 0 Å². The fourth-order valence-corrected chi connectivity index (χ4v) is 0.354. The summed E-state index contributed by atoms with van der Waals surface area (Å²) in [6, 6.07) is 0. The van der Waals surface area contributed by atoms with E-state index in [1.807, 2.05) is 13.8 Å². The van der Waals surface area contributed by atoms with Crippen LogP contribution in [0.4, 0.5) is 0 Å². The molecule has 0 bridgehead atoms. The molecule has 0 aromatic carbocycles. The molecule has 8 heavy (non-hydrogen) atoms. The molecule has 0 aromatic rings. The molecule has 0 rings (SSSR count). The van der Waals surface area contributed by atoms with Gasteiger partial charge in [-0.05, 0) is 0 Å². The Kier molecular flexibility index (Phi) is 52.0. The standard InChI is InChI=1S/C5H12.C2H6.H2S/c1-3-5-4-2;1-2;/h3-5H2,1-2H3;1-2H3;1H2. The number of hydrogen-bond acceptors (Lipinski definition) is 0. The fraction of sp³-hybridized carbons (Fsp3) is 1.00. The summed E-state index contributed by atoms with van der Waals surface area (Å²) in [7, 11) is 0. The first-order chi connectivity index (χ1) is 3.41. The van der Waals surface area contributed by atoms with Gasteiger partial charge in [0, 0.05) is 0 Å². The molecule has 0 aliphatic heterocycles. The lowest BCUT2D eigenvalue weighted by atomic mass is 10.3. The quantitative estimate of drug-likeness (QED) is 0.546. The highest BCUT2D eigenvalue weighted by atomic mass is 32.1. The van der Waals surface area contributed by atoms with Crippen molar-refractivity contribution in [2.45, 2.75) is 47.0 Å². The molecule has 0 amide bonds. The summed E-state index contributed by atoms with van der Waals surface area (Å²) < 4.78 is 0. The van der Waals surface area contributed by atoms with E-state index >= 15 is 0 Å². The van der Waals surface area contributed by atoms with Crippen LogP contribution >= 0.6 is 13.5 Å². The molecule has 0 atom stereocenters. The van der Waals surface area contributed by atoms with E-state index in [2.05, 4.69) is 13.8 Å². The first-order valence-electron chi connectivity index (χ1n) is 3.41. The number of unbranched alkanes of at least 4 members (excludes halogenated alkanes) is 2. The Labute approximate surface area is 61.1 Å². The predicted molar refractivity (Wildman–Crippen MR) is 46.9 cm³/mol. The summed E-state index contributed by atoms with van der Waals surface area (Å²) in [6.07, 6.45) is 4.08. The van der Waals surface area contributed by atoms with E-state index in [-0.39, 0.29) is 13.5 Å². The van der Waals surface area contributed by atoms with Crippen molar-refractivity contribution >= 4 is 13.5 Å². The van der Waals surface area contributed by atoms with Gasteiger partial charge in [0.05, 0.1) is 0 Å². The molecule has 0 aliphatic rings. The van der Waals surface area contributed by atoms with E-state index in [1.54, 1.807) is 0 Å². The normalized spacial score (nSPS) is 6.00. The van der Waals surface area contributed by atoms with Crippen LogP contribution in [0.5, 0.6) is 0 Å². The van der Waals surface area contributed by atoms with E-state index in [1.165, 1.54) is 19.3 Å². The van der Waals surface area contributed by atoms with Gasteiger partial charge < -0.3 is 0 Å². The Morgan fingerprint density at radius 3 is 1.12 bits per heavy atom.